The molecule has 1 aromatic rings. The monoisotopic (exact) mass is 455 g/mol. The van der Waals surface area contributed by atoms with E-state index in [1.807, 2.05) is 6.08 Å². The van der Waals surface area contributed by atoms with Crippen molar-refractivity contribution in [2.45, 2.75) is 90.5 Å². The topological polar surface area (TPSA) is 12.0 Å². The first-order valence-corrected chi connectivity index (χ1v) is 14.4. The lowest BCUT2D eigenvalue weighted by Gasteiger charge is -2.86. The van der Waals surface area contributed by atoms with Crippen LogP contribution in [0.1, 0.15) is 96.1 Å². The Morgan fingerprint density at radius 2 is 1.68 bits per heavy atom. The van der Waals surface area contributed by atoms with Gasteiger partial charge in [0.15, 0.2) is 0 Å². The second kappa shape index (κ2) is 6.70. The molecule has 34 heavy (non-hydrogen) atoms. The van der Waals surface area contributed by atoms with Gasteiger partial charge in [-0.25, -0.2) is 0 Å². The van der Waals surface area contributed by atoms with Gasteiger partial charge < -0.3 is 5.32 Å². The van der Waals surface area contributed by atoms with Crippen molar-refractivity contribution in [3.63, 3.8) is 0 Å². The molecule has 5 fully saturated rings. The van der Waals surface area contributed by atoms with Gasteiger partial charge in [-0.3, -0.25) is 0 Å². The molecule has 4 bridgehead atoms. The average Bonchev–Trinajstić information content (AvgIpc) is 3.25. The number of likely N-dealkylation sites (N-methyl/N-ethyl adjacent to an activating group) is 1. The molecule has 0 heterocycles. The quantitative estimate of drug-likeness (QED) is 0.485. The molecule has 9 atom stereocenters. The highest BCUT2D eigenvalue weighted by molar-refractivity contribution is 5.75. The first-order chi connectivity index (χ1) is 16.3. The molecule has 0 amide bonds. The maximum absolute atomic E-state index is 3.95. The molecule has 1 aromatic carbocycles. The molecule has 5 saturated carbocycles. The highest BCUT2D eigenvalue weighted by Gasteiger charge is 2.84. The summed E-state index contributed by atoms with van der Waals surface area (Å²) in [6.45, 7) is 12.0. The third-order valence-corrected chi connectivity index (χ3v) is 13.8. The summed E-state index contributed by atoms with van der Waals surface area (Å²) >= 11 is 0. The number of allylic oxidation sites excluding steroid dienone is 1. The van der Waals surface area contributed by atoms with Crippen molar-refractivity contribution < 1.29 is 0 Å². The van der Waals surface area contributed by atoms with Gasteiger partial charge in [-0.1, -0.05) is 63.3 Å². The van der Waals surface area contributed by atoms with Crippen LogP contribution in [0.15, 0.2) is 36.9 Å². The molecule has 0 aliphatic heterocycles. The Balaban J connectivity index is 1.33. The van der Waals surface area contributed by atoms with E-state index in [1.165, 1.54) is 68.1 Å². The number of rotatable bonds is 3. The van der Waals surface area contributed by atoms with E-state index in [9.17, 15) is 0 Å². The van der Waals surface area contributed by atoms with E-state index in [2.05, 4.69) is 70.1 Å². The fraction of sp³-hybridized carbons (Fsp3) is 0.697. The van der Waals surface area contributed by atoms with E-state index in [1.54, 1.807) is 12.8 Å². The minimum Gasteiger partial charge on any atom is -0.310 e. The van der Waals surface area contributed by atoms with Crippen LogP contribution < -0.4 is 5.32 Å². The van der Waals surface area contributed by atoms with Crippen molar-refractivity contribution in [3.05, 3.63) is 48.0 Å². The van der Waals surface area contributed by atoms with Gasteiger partial charge in [-0.05, 0) is 134 Å². The molecule has 1 heteroatoms. The maximum Gasteiger partial charge on any atom is 0.0440 e. The van der Waals surface area contributed by atoms with Crippen molar-refractivity contribution in [2.75, 3.05) is 7.05 Å². The van der Waals surface area contributed by atoms with E-state index >= 15 is 0 Å². The summed E-state index contributed by atoms with van der Waals surface area (Å²) in [5, 5.41) is 3.92. The Morgan fingerprint density at radius 3 is 2.41 bits per heavy atom. The van der Waals surface area contributed by atoms with Gasteiger partial charge in [-0.15, -0.1) is 0 Å². The van der Waals surface area contributed by atoms with E-state index < -0.39 is 0 Å². The summed E-state index contributed by atoms with van der Waals surface area (Å²) in [7, 11) is 2.23. The fourth-order valence-electron chi connectivity index (χ4n) is 12.8. The van der Waals surface area contributed by atoms with Gasteiger partial charge in [0.1, 0.15) is 0 Å². The van der Waals surface area contributed by atoms with Crippen LogP contribution in [0.3, 0.4) is 0 Å². The predicted octanol–water partition coefficient (Wildman–Crippen LogP) is 8.12. The summed E-state index contributed by atoms with van der Waals surface area (Å²) in [6.07, 6.45) is 19.5. The van der Waals surface area contributed by atoms with E-state index in [0.29, 0.717) is 27.6 Å². The number of nitrogens with one attached hydrogen (secondary N) is 1. The van der Waals surface area contributed by atoms with Crippen LogP contribution in [-0.2, 0) is 0 Å². The molecule has 182 valence electrons. The van der Waals surface area contributed by atoms with Crippen LogP contribution in [0, 0.1) is 45.3 Å². The first kappa shape index (κ1) is 21.9. The number of fused-ring (bicyclic) bond motifs is 3. The van der Waals surface area contributed by atoms with Crippen LogP contribution in [0.2, 0.25) is 0 Å². The average molecular weight is 456 g/mol. The van der Waals surface area contributed by atoms with Crippen LogP contribution in [-0.4, -0.2) is 12.6 Å². The largest absolute Gasteiger partial charge is 0.310 e. The van der Waals surface area contributed by atoms with Crippen molar-refractivity contribution in [3.8, 4) is 0 Å². The Kier molecular flexibility index (Phi) is 4.31. The summed E-state index contributed by atoms with van der Waals surface area (Å²) in [6, 6.07) is 9.13. The molecule has 9 unspecified atom stereocenters. The molecule has 2 spiro atoms. The van der Waals surface area contributed by atoms with Gasteiger partial charge >= 0.3 is 0 Å². The zero-order valence-electron chi connectivity index (χ0n) is 22.1. The van der Waals surface area contributed by atoms with Crippen LogP contribution in [0.5, 0.6) is 0 Å². The van der Waals surface area contributed by atoms with Gasteiger partial charge in [0.2, 0.25) is 0 Å². The highest BCUT2D eigenvalue weighted by Crippen LogP contribution is 2.91. The molecule has 1 nitrogen and oxygen atoms in total. The molecule has 6 aliphatic carbocycles. The lowest BCUT2D eigenvalue weighted by molar-refractivity contribution is -0.376. The maximum atomic E-state index is 3.95. The summed E-state index contributed by atoms with van der Waals surface area (Å²) in [5.74, 6) is 3.74. The standard InChI is InChI=1S/C33H45N/c1-6-22-8-10-23(11-9-22)24-15-20-30(3)27(31(24,4)34-5)16-21-32-25-14-19-29(2)17-7-18-33(29,32)26(25)12-13-28(30)32/h6,8-11,15,25-28,34H,1,7,12-14,16-21H2,2-5H3. The smallest absolute Gasteiger partial charge is 0.0440 e. The number of hydrogen-bond acceptors (Lipinski definition) is 1. The zero-order valence-corrected chi connectivity index (χ0v) is 22.1. The van der Waals surface area contributed by atoms with Gasteiger partial charge in [0, 0.05) is 5.54 Å². The summed E-state index contributed by atoms with van der Waals surface area (Å²) in [4.78, 5) is 0. The molecular weight excluding hydrogens is 410 g/mol. The van der Waals surface area contributed by atoms with Gasteiger partial charge in [0.05, 0.1) is 0 Å². The Morgan fingerprint density at radius 1 is 0.882 bits per heavy atom. The lowest BCUT2D eigenvalue weighted by Crippen LogP contribution is -2.80. The third-order valence-electron chi connectivity index (χ3n) is 13.8. The molecule has 6 aliphatic rings. The predicted molar refractivity (Wildman–Crippen MR) is 143 cm³/mol. The first-order valence-electron chi connectivity index (χ1n) is 14.4. The van der Waals surface area contributed by atoms with Crippen LogP contribution in [0.4, 0.5) is 0 Å². The molecule has 0 saturated heterocycles. The highest BCUT2D eigenvalue weighted by atomic mass is 15.0. The van der Waals surface area contributed by atoms with Crippen LogP contribution >= 0.6 is 0 Å². The third kappa shape index (κ3) is 2.13. The summed E-state index contributed by atoms with van der Waals surface area (Å²) < 4.78 is 0. The SMILES string of the molecule is C=Cc1ccc(C2=CCC3(C)C(CCC45C6CCC7(C)CCCC74C6CCC35)C2(C)NC)cc1. The van der Waals surface area contributed by atoms with Crippen molar-refractivity contribution in [1.82, 2.24) is 5.32 Å². The van der Waals surface area contributed by atoms with Crippen LogP contribution in [0.25, 0.3) is 11.6 Å². The zero-order chi connectivity index (χ0) is 23.6. The second-order valence-electron chi connectivity index (χ2n) is 14.0. The second-order valence-corrected chi connectivity index (χ2v) is 14.0. The fourth-order valence-corrected chi connectivity index (χ4v) is 12.8. The molecule has 0 aromatic heterocycles. The molecular formula is C33H45N. The van der Waals surface area contributed by atoms with Gasteiger partial charge in [-0.2, -0.15) is 0 Å². The van der Waals surface area contributed by atoms with Crippen molar-refractivity contribution >= 4 is 11.6 Å². The number of hydrogen-bond donors (Lipinski definition) is 1. The molecule has 1 N–H and O–H groups in total. The molecule has 0 radical (unpaired) electrons. The normalized spacial score (nSPS) is 52.5. The molecule has 7 rings (SSSR count). The van der Waals surface area contributed by atoms with E-state index in [-0.39, 0.29) is 5.54 Å². The van der Waals surface area contributed by atoms with Crippen molar-refractivity contribution in [2.24, 2.45) is 45.3 Å². The van der Waals surface area contributed by atoms with E-state index in [4.69, 9.17) is 0 Å². The Hall–Kier alpha value is -1.34. The van der Waals surface area contributed by atoms with Crippen molar-refractivity contribution in [1.29, 1.82) is 0 Å². The Bertz CT molecular complexity index is 1070. The van der Waals surface area contributed by atoms with Gasteiger partial charge in [0.25, 0.3) is 0 Å². The minimum absolute atomic E-state index is 0.0384. The minimum atomic E-state index is 0.0384. The lowest BCUT2D eigenvalue weighted by atomic mass is 9.18. The van der Waals surface area contributed by atoms with E-state index in [0.717, 1.165) is 17.8 Å². The Labute approximate surface area is 207 Å². The summed E-state index contributed by atoms with van der Waals surface area (Å²) in [5.41, 5.74) is 6.60. The number of benzene rings is 1.